The van der Waals surface area contributed by atoms with Crippen LogP contribution >= 0.6 is 0 Å². The average molecular weight is 306 g/mol. The van der Waals surface area contributed by atoms with E-state index in [0.717, 1.165) is 11.6 Å². The number of rotatable bonds is 3. The Kier molecular flexibility index (Phi) is 3.93. The van der Waals surface area contributed by atoms with E-state index in [0.29, 0.717) is 24.2 Å². The van der Waals surface area contributed by atoms with Gasteiger partial charge in [0.2, 0.25) is 0 Å². The summed E-state index contributed by atoms with van der Waals surface area (Å²) in [4.78, 5) is 2.01. The van der Waals surface area contributed by atoms with Gasteiger partial charge >= 0.3 is 6.18 Å². The van der Waals surface area contributed by atoms with Gasteiger partial charge in [-0.3, -0.25) is 4.90 Å². The van der Waals surface area contributed by atoms with Gasteiger partial charge in [-0.05, 0) is 22.8 Å². The summed E-state index contributed by atoms with van der Waals surface area (Å²) in [6, 6.07) is 13.9. The third-order valence-electron chi connectivity index (χ3n) is 4.13. The predicted octanol–water partition coefficient (Wildman–Crippen LogP) is 3.72. The third-order valence-corrected chi connectivity index (χ3v) is 4.13. The Hall–Kier alpha value is -1.85. The maximum absolute atomic E-state index is 13.2. The molecule has 22 heavy (non-hydrogen) atoms. The zero-order chi connectivity index (χ0) is 15.7. The van der Waals surface area contributed by atoms with Gasteiger partial charge in [0.1, 0.15) is 0 Å². The molecule has 3 rings (SSSR count). The van der Waals surface area contributed by atoms with Crippen molar-refractivity contribution in [2.75, 3.05) is 6.54 Å². The quantitative estimate of drug-likeness (QED) is 0.936. The SMILES string of the molecule is NCC1c2cccc(C(F)(F)F)c2CN1Cc1ccccc1. The Morgan fingerprint density at radius 2 is 1.77 bits per heavy atom. The molecule has 1 aliphatic rings. The molecule has 2 aromatic carbocycles. The molecule has 5 heteroatoms. The average Bonchev–Trinajstić information content (AvgIpc) is 2.84. The molecule has 0 aromatic heterocycles. The molecule has 1 heterocycles. The van der Waals surface area contributed by atoms with E-state index < -0.39 is 11.7 Å². The molecule has 2 nitrogen and oxygen atoms in total. The molecule has 2 aromatic rings. The molecule has 0 amide bonds. The molecule has 0 fully saturated rings. The Bertz CT molecular complexity index is 653. The molecular weight excluding hydrogens is 289 g/mol. The van der Waals surface area contributed by atoms with E-state index in [1.807, 2.05) is 35.2 Å². The van der Waals surface area contributed by atoms with Crippen molar-refractivity contribution in [2.24, 2.45) is 5.73 Å². The summed E-state index contributed by atoms with van der Waals surface area (Å²) in [5.41, 5.74) is 7.42. The molecule has 0 radical (unpaired) electrons. The van der Waals surface area contributed by atoms with Crippen molar-refractivity contribution in [3.8, 4) is 0 Å². The molecule has 0 bridgehead atoms. The number of fused-ring (bicyclic) bond motifs is 1. The minimum atomic E-state index is -4.33. The predicted molar refractivity (Wildman–Crippen MR) is 78.9 cm³/mol. The van der Waals surface area contributed by atoms with Crippen molar-refractivity contribution in [1.29, 1.82) is 0 Å². The first-order chi connectivity index (χ1) is 10.5. The minimum absolute atomic E-state index is 0.169. The van der Waals surface area contributed by atoms with Crippen molar-refractivity contribution in [2.45, 2.75) is 25.3 Å². The lowest BCUT2D eigenvalue weighted by molar-refractivity contribution is -0.138. The van der Waals surface area contributed by atoms with Crippen LogP contribution in [0.2, 0.25) is 0 Å². The topological polar surface area (TPSA) is 29.3 Å². The highest BCUT2D eigenvalue weighted by Crippen LogP contribution is 2.41. The van der Waals surface area contributed by atoms with Crippen molar-refractivity contribution < 1.29 is 13.2 Å². The minimum Gasteiger partial charge on any atom is -0.329 e. The Balaban J connectivity index is 1.94. The summed E-state index contributed by atoms with van der Waals surface area (Å²) >= 11 is 0. The standard InChI is InChI=1S/C17H17F3N2/c18-17(19,20)15-8-4-7-13-14(15)11-22(16(13)9-21)10-12-5-2-1-3-6-12/h1-8,16H,9-11,21H2. The van der Waals surface area contributed by atoms with Gasteiger partial charge in [-0.15, -0.1) is 0 Å². The van der Waals surface area contributed by atoms with Gasteiger partial charge in [0, 0.05) is 25.7 Å². The van der Waals surface area contributed by atoms with Gasteiger partial charge in [0.15, 0.2) is 0 Å². The molecule has 1 unspecified atom stereocenters. The van der Waals surface area contributed by atoms with E-state index in [4.69, 9.17) is 5.73 Å². The maximum atomic E-state index is 13.2. The summed E-state index contributed by atoms with van der Waals surface area (Å²) < 4.78 is 39.5. The van der Waals surface area contributed by atoms with Crippen molar-refractivity contribution in [1.82, 2.24) is 4.90 Å². The Labute approximate surface area is 127 Å². The van der Waals surface area contributed by atoms with E-state index in [-0.39, 0.29) is 12.6 Å². The number of alkyl halides is 3. The lowest BCUT2D eigenvalue weighted by Gasteiger charge is -2.23. The summed E-state index contributed by atoms with van der Waals surface area (Å²) in [5, 5.41) is 0. The highest BCUT2D eigenvalue weighted by atomic mass is 19.4. The molecule has 0 saturated carbocycles. The summed E-state index contributed by atoms with van der Waals surface area (Å²) in [7, 11) is 0. The maximum Gasteiger partial charge on any atom is 0.416 e. The summed E-state index contributed by atoms with van der Waals surface area (Å²) in [5.74, 6) is 0. The molecular formula is C17H17F3N2. The van der Waals surface area contributed by atoms with Gasteiger partial charge in [-0.25, -0.2) is 0 Å². The largest absolute Gasteiger partial charge is 0.416 e. The lowest BCUT2D eigenvalue weighted by atomic mass is 9.99. The van der Waals surface area contributed by atoms with E-state index in [2.05, 4.69) is 0 Å². The van der Waals surface area contributed by atoms with Crippen LogP contribution < -0.4 is 5.73 Å². The number of hydrogen-bond donors (Lipinski definition) is 1. The highest BCUT2D eigenvalue weighted by molar-refractivity contribution is 5.42. The second-order valence-electron chi connectivity index (χ2n) is 5.51. The van der Waals surface area contributed by atoms with Crippen molar-refractivity contribution in [3.63, 3.8) is 0 Å². The molecule has 0 spiro atoms. The van der Waals surface area contributed by atoms with E-state index in [9.17, 15) is 13.2 Å². The second-order valence-corrected chi connectivity index (χ2v) is 5.51. The van der Waals surface area contributed by atoms with E-state index in [1.165, 1.54) is 6.07 Å². The first-order valence-electron chi connectivity index (χ1n) is 7.17. The fraction of sp³-hybridized carbons (Fsp3) is 0.294. The fourth-order valence-corrected chi connectivity index (χ4v) is 3.13. The highest BCUT2D eigenvalue weighted by Gasteiger charge is 2.39. The van der Waals surface area contributed by atoms with Crippen LogP contribution in [0, 0.1) is 0 Å². The number of hydrogen-bond acceptors (Lipinski definition) is 2. The number of halogens is 3. The second kappa shape index (κ2) is 5.74. The van der Waals surface area contributed by atoms with Crippen LogP contribution in [0.1, 0.15) is 28.3 Å². The summed E-state index contributed by atoms with van der Waals surface area (Å²) in [6.45, 7) is 1.18. The first-order valence-corrected chi connectivity index (χ1v) is 7.17. The van der Waals surface area contributed by atoms with E-state index >= 15 is 0 Å². The zero-order valence-corrected chi connectivity index (χ0v) is 12.0. The van der Waals surface area contributed by atoms with Gasteiger partial charge < -0.3 is 5.73 Å². The molecule has 2 N–H and O–H groups in total. The van der Waals surface area contributed by atoms with Gasteiger partial charge in [-0.2, -0.15) is 13.2 Å². The Morgan fingerprint density at radius 3 is 2.41 bits per heavy atom. The molecule has 1 aliphatic heterocycles. The number of benzene rings is 2. The van der Waals surface area contributed by atoms with E-state index in [1.54, 1.807) is 6.07 Å². The Morgan fingerprint density at radius 1 is 1.05 bits per heavy atom. The third kappa shape index (κ3) is 2.74. The lowest BCUT2D eigenvalue weighted by Crippen LogP contribution is -2.27. The first kappa shape index (κ1) is 15.1. The van der Waals surface area contributed by atoms with Crippen LogP contribution in [0.4, 0.5) is 13.2 Å². The normalized spacial score (nSPS) is 18.5. The molecule has 1 atom stereocenters. The van der Waals surface area contributed by atoms with Crippen molar-refractivity contribution in [3.05, 3.63) is 70.8 Å². The summed E-state index contributed by atoms with van der Waals surface area (Å²) in [6.07, 6.45) is -4.33. The fourth-order valence-electron chi connectivity index (χ4n) is 3.13. The van der Waals surface area contributed by atoms with Crippen LogP contribution in [-0.4, -0.2) is 11.4 Å². The molecule has 0 saturated heterocycles. The molecule has 0 aliphatic carbocycles. The monoisotopic (exact) mass is 306 g/mol. The molecule has 116 valence electrons. The van der Waals surface area contributed by atoms with Crippen LogP contribution in [0.15, 0.2) is 48.5 Å². The number of nitrogens with zero attached hydrogens (tertiary/aromatic N) is 1. The number of nitrogens with two attached hydrogens (primary N) is 1. The zero-order valence-electron chi connectivity index (χ0n) is 12.0. The van der Waals surface area contributed by atoms with Gasteiger partial charge in [0.25, 0.3) is 0 Å². The van der Waals surface area contributed by atoms with Crippen LogP contribution in [-0.2, 0) is 19.3 Å². The van der Waals surface area contributed by atoms with Crippen LogP contribution in [0.25, 0.3) is 0 Å². The van der Waals surface area contributed by atoms with Crippen LogP contribution in [0.3, 0.4) is 0 Å². The van der Waals surface area contributed by atoms with Crippen molar-refractivity contribution >= 4 is 0 Å². The van der Waals surface area contributed by atoms with Gasteiger partial charge in [-0.1, -0.05) is 42.5 Å². The smallest absolute Gasteiger partial charge is 0.329 e. The van der Waals surface area contributed by atoms with Crippen LogP contribution in [0.5, 0.6) is 0 Å². The van der Waals surface area contributed by atoms with Gasteiger partial charge in [0.05, 0.1) is 5.56 Å².